The van der Waals surface area contributed by atoms with E-state index in [2.05, 4.69) is 33.6 Å². The van der Waals surface area contributed by atoms with Crippen molar-refractivity contribution in [3.8, 4) is 16.2 Å². The highest BCUT2D eigenvalue weighted by Crippen LogP contribution is 2.40. The van der Waals surface area contributed by atoms with Gasteiger partial charge >= 0.3 is 0 Å². The molecule has 2 N–H and O–H groups in total. The summed E-state index contributed by atoms with van der Waals surface area (Å²) in [7, 11) is 0. The van der Waals surface area contributed by atoms with Crippen molar-refractivity contribution in [2.45, 2.75) is 25.6 Å². The van der Waals surface area contributed by atoms with Crippen LogP contribution in [0.4, 0.5) is 4.39 Å². The lowest BCUT2D eigenvalue weighted by atomic mass is 9.97. The molecule has 0 bridgehead atoms. The predicted molar refractivity (Wildman–Crippen MR) is 133 cm³/mol. The number of halogens is 1. The van der Waals surface area contributed by atoms with Crippen molar-refractivity contribution < 1.29 is 14.3 Å². The number of hydrogen-bond acceptors (Lipinski definition) is 6. The van der Waals surface area contributed by atoms with Gasteiger partial charge in [0.15, 0.2) is 0 Å². The number of hydrazone groups is 1. The zero-order chi connectivity index (χ0) is 23.9. The molecule has 2 aromatic carbocycles. The number of rotatable bonds is 4. The Morgan fingerprint density at radius 1 is 1.06 bits per heavy atom. The van der Waals surface area contributed by atoms with Crippen LogP contribution in [0.3, 0.4) is 0 Å². The van der Waals surface area contributed by atoms with Gasteiger partial charge < -0.3 is 10.4 Å². The number of benzene rings is 2. The minimum atomic E-state index is -0.768. The fraction of sp³-hybridized carbons (Fsp3) is 0.148. The van der Waals surface area contributed by atoms with Crippen molar-refractivity contribution >= 4 is 23.0 Å². The van der Waals surface area contributed by atoms with Gasteiger partial charge in [0.25, 0.3) is 5.91 Å². The molecule has 1 atom stereocenters. The van der Waals surface area contributed by atoms with E-state index in [9.17, 15) is 14.3 Å². The zero-order valence-corrected chi connectivity index (χ0v) is 19.4. The van der Waals surface area contributed by atoms with Gasteiger partial charge in [-0.05, 0) is 53.1 Å². The molecule has 1 amide bonds. The molecule has 4 aromatic rings. The number of nitrogens with one attached hydrogen (secondary N) is 1. The maximum atomic E-state index is 14.8. The number of carbonyl (C=O) groups excluding carboxylic acids is 1. The van der Waals surface area contributed by atoms with Gasteiger partial charge in [0.1, 0.15) is 11.6 Å². The summed E-state index contributed by atoms with van der Waals surface area (Å²) in [5, 5.41) is 19.7. The van der Waals surface area contributed by atoms with Crippen molar-refractivity contribution in [1.82, 2.24) is 15.3 Å². The Hall–Kier alpha value is -3.88. The zero-order valence-electron chi connectivity index (χ0n) is 18.6. The van der Waals surface area contributed by atoms with Crippen LogP contribution in [0.1, 0.15) is 44.4 Å². The van der Waals surface area contributed by atoms with Crippen LogP contribution < -0.4 is 5.32 Å². The van der Waals surface area contributed by atoms with E-state index in [1.807, 2.05) is 12.1 Å². The smallest absolute Gasteiger partial charge is 0.284 e. The average molecular weight is 485 g/mol. The van der Waals surface area contributed by atoms with Gasteiger partial charge in [-0.25, -0.2) is 9.40 Å². The number of phenols is 1. The highest BCUT2D eigenvalue weighted by atomic mass is 32.1. The SMILES string of the molecule is O=C(c1ccc(-c2ccc3c(c2)CNC3)s1)N1N=C(c2cccnc2)CC1c1c(O)cccc1F. The normalized spacial score (nSPS) is 16.9. The summed E-state index contributed by atoms with van der Waals surface area (Å²) in [6.45, 7) is 1.72. The predicted octanol–water partition coefficient (Wildman–Crippen LogP) is 5.25. The second-order valence-corrected chi connectivity index (χ2v) is 9.67. The van der Waals surface area contributed by atoms with E-state index in [1.165, 1.54) is 45.7 Å². The summed E-state index contributed by atoms with van der Waals surface area (Å²) in [4.78, 5) is 19.3. The molecule has 0 radical (unpaired) electrons. The first kappa shape index (κ1) is 21.6. The lowest BCUT2D eigenvalue weighted by Gasteiger charge is -2.22. The maximum Gasteiger partial charge on any atom is 0.284 e. The van der Waals surface area contributed by atoms with E-state index in [-0.39, 0.29) is 23.6 Å². The molecule has 174 valence electrons. The highest BCUT2D eigenvalue weighted by Gasteiger charge is 2.37. The first-order chi connectivity index (χ1) is 17.1. The molecule has 2 aliphatic heterocycles. The third-order valence-electron chi connectivity index (χ3n) is 6.41. The molecule has 0 fully saturated rings. The molecule has 0 saturated carbocycles. The molecule has 0 spiro atoms. The number of aromatic hydroxyl groups is 1. The van der Waals surface area contributed by atoms with Crippen molar-refractivity contribution in [3.63, 3.8) is 0 Å². The van der Waals surface area contributed by atoms with Crippen molar-refractivity contribution in [2.75, 3.05) is 0 Å². The van der Waals surface area contributed by atoms with Gasteiger partial charge in [0, 0.05) is 42.3 Å². The summed E-state index contributed by atoms with van der Waals surface area (Å²) >= 11 is 1.38. The molecule has 8 heteroatoms. The largest absolute Gasteiger partial charge is 0.507 e. The Bertz CT molecular complexity index is 1450. The Balaban J connectivity index is 1.36. The van der Waals surface area contributed by atoms with Gasteiger partial charge in [-0.2, -0.15) is 5.10 Å². The highest BCUT2D eigenvalue weighted by molar-refractivity contribution is 7.17. The number of fused-ring (bicyclic) bond motifs is 1. The number of carbonyl (C=O) groups is 1. The first-order valence-corrected chi connectivity index (χ1v) is 12.1. The van der Waals surface area contributed by atoms with Crippen molar-refractivity contribution in [3.05, 3.63) is 106 Å². The maximum absolute atomic E-state index is 14.8. The van der Waals surface area contributed by atoms with Crippen molar-refractivity contribution in [1.29, 1.82) is 0 Å². The van der Waals surface area contributed by atoms with Crippen LogP contribution in [-0.2, 0) is 13.1 Å². The standard InChI is InChI=1S/C27H21FN4O2S/c28-20-4-1-5-23(33)26(20)22-12-21(18-3-2-10-29-14-18)31-32(22)27(34)25-9-8-24(35-25)16-6-7-17-13-30-15-19(17)11-16/h1-11,14,22,30,33H,12-13,15H2. The first-order valence-electron chi connectivity index (χ1n) is 11.3. The molecule has 0 aliphatic carbocycles. The van der Waals surface area contributed by atoms with Crippen LogP contribution in [0.5, 0.6) is 5.75 Å². The van der Waals surface area contributed by atoms with Gasteiger partial charge in [0.05, 0.1) is 22.2 Å². The van der Waals surface area contributed by atoms with Crippen LogP contribution in [0.25, 0.3) is 10.4 Å². The quantitative estimate of drug-likeness (QED) is 0.415. The van der Waals surface area contributed by atoms with Crippen LogP contribution in [0.15, 0.2) is 78.2 Å². The number of aromatic nitrogens is 1. The number of pyridine rings is 1. The van der Waals surface area contributed by atoms with E-state index in [0.717, 1.165) is 29.1 Å². The lowest BCUT2D eigenvalue weighted by Crippen LogP contribution is -2.27. The molecule has 6 nitrogen and oxygen atoms in total. The van der Waals surface area contributed by atoms with Gasteiger partial charge in [-0.15, -0.1) is 11.3 Å². The molecule has 4 heterocycles. The third kappa shape index (κ3) is 3.90. The van der Waals surface area contributed by atoms with Gasteiger partial charge in [0.2, 0.25) is 0 Å². The summed E-state index contributed by atoms with van der Waals surface area (Å²) in [6, 6.07) is 17.1. The summed E-state index contributed by atoms with van der Waals surface area (Å²) in [5.41, 5.74) is 5.05. The third-order valence-corrected chi connectivity index (χ3v) is 7.54. The Kier molecular flexibility index (Phi) is 5.39. The molecular formula is C27H21FN4O2S. The Morgan fingerprint density at radius 3 is 2.77 bits per heavy atom. The Labute approximate surface area is 205 Å². The number of nitrogens with zero attached hydrogens (tertiary/aromatic N) is 3. The average Bonchev–Trinajstić information content (AvgIpc) is 3.63. The molecule has 1 unspecified atom stereocenters. The van der Waals surface area contributed by atoms with Crippen LogP contribution in [0.2, 0.25) is 0 Å². The second kappa shape index (κ2) is 8.72. The molecule has 0 saturated heterocycles. The van der Waals surface area contributed by atoms with Crippen LogP contribution in [0, 0.1) is 5.82 Å². The molecule has 2 aromatic heterocycles. The van der Waals surface area contributed by atoms with Crippen LogP contribution >= 0.6 is 11.3 Å². The van der Waals surface area contributed by atoms with Crippen molar-refractivity contribution in [2.24, 2.45) is 5.10 Å². The minimum absolute atomic E-state index is 0.0615. The van der Waals surface area contributed by atoms with Gasteiger partial charge in [-0.1, -0.05) is 24.3 Å². The number of hydrogen-bond donors (Lipinski definition) is 2. The molecule has 2 aliphatic rings. The molecular weight excluding hydrogens is 463 g/mol. The van der Waals surface area contributed by atoms with E-state index in [0.29, 0.717) is 10.6 Å². The summed E-state index contributed by atoms with van der Waals surface area (Å²) < 4.78 is 14.8. The molecule has 6 rings (SSSR count). The minimum Gasteiger partial charge on any atom is -0.507 e. The van der Waals surface area contributed by atoms with E-state index < -0.39 is 11.9 Å². The number of thiophene rings is 1. The van der Waals surface area contributed by atoms with Gasteiger partial charge in [-0.3, -0.25) is 9.78 Å². The second-order valence-electron chi connectivity index (χ2n) is 8.58. The number of amides is 1. The Morgan fingerprint density at radius 2 is 1.94 bits per heavy atom. The summed E-state index contributed by atoms with van der Waals surface area (Å²) in [5.74, 6) is -1.11. The van der Waals surface area contributed by atoms with E-state index in [1.54, 1.807) is 24.5 Å². The molecule has 35 heavy (non-hydrogen) atoms. The van der Waals surface area contributed by atoms with E-state index >= 15 is 0 Å². The monoisotopic (exact) mass is 484 g/mol. The topological polar surface area (TPSA) is 77.8 Å². The lowest BCUT2D eigenvalue weighted by molar-refractivity contribution is 0.0712. The fourth-order valence-electron chi connectivity index (χ4n) is 4.65. The number of phenolic OH excluding ortho intramolecular Hbond substituents is 1. The summed E-state index contributed by atoms with van der Waals surface area (Å²) in [6.07, 6.45) is 3.59. The fourth-order valence-corrected chi connectivity index (χ4v) is 5.59. The van der Waals surface area contributed by atoms with Crippen LogP contribution in [-0.4, -0.2) is 26.7 Å². The van der Waals surface area contributed by atoms with E-state index in [4.69, 9.17) is 0 Å².